The van der Waals surface area contributed by atoms with Gasteiger partial charge in [-0.25, -0.2) is 14.1 Å². The minimum atomic E-state index is -4.61. The number of benzene rings is 1. The number of aryl methyl sites for hydroxylation is 1. The lowest BCUT2D eigenvalue weighted by Crippen LogP contribution is -2.16. The van der Waals surface area contributed by atoms with Gasteiger partial charge < -0.3 is 4.98 Å². The Hall–Kier alpha value is -3.04. The number of nitrogens with zero attached hydrogens (tertiary/aromatic N) is 4. The minimum Gasteiger partial charge on any atom is -0.311 e. The van der Waals surface area contributed by atoms with E-state index in [1.807, 2.05) is 0 Å². The topological polar surface area (TPSA) is 76.5 Å². The van der Waals surface area contributed by atoms with Gasteiger partial charge in [0.15, 0.2) is 0 Å². The molecule has 0 unspecified atom stereocenters. The molecule has 3 aromatic rings. The van der Waals surface area contributed by atoms with Crippen molar-refractivity contribution in [3.8, 4) is 11.4 Å². The predicted octanol–water partition coefficient (Wildman–Crippen LogP) is 3.49. The van der Waals surface area contributed by atoms with E-state index in [0.29, 0.717) is 23.3 Å². The van der Waals surface area contributed by atoms with E-state index in [1.54, 1.807) is 6.92 Å². The molecule has 1 atom stereocenters. The van der Waals surface area contributed by atoms with E-state index >= 15 is 0 Å². The van der Waals surface area contributed by atoms with E-state index in [4.69, 9.17) is 0 Å². The van der Waals surface area contributed by atoms with Crippen LogP contribution in [0.2, 0.25) is 0 Å². The zero-order valence-electron chi connectivity index (χ0n) is 14.7. The summed E-state index contributed by atoms with van der Waals surface area (Å²) >= 11 is 0. The minimum absolute atomic E-state index is 0.0506. The van der Waals surface area contributed by atoms with Gasteiger partial charge in [-0.3, -0.25) is 4.79 Å². The molecule has 28 heavy (non-hydrogen) atoms. The Morgan fingerprint density at radius 1 is 1.21 bits per heavy atom. The van der Waals surface area contributed by atoms with Crippen LogP contribution in [0.4, 0.5) is 17.6 Å². The summed E-state index contributed by atoms with van der Waals surface area (Å²) in [5.74, 6) is -0.479. The zero-order valence-corrected chi connectivity index (χ0v) is 14.7. The lowest BCUT2D eigenvalue weighted by molar-refractivity contribution is -0.137. The highest BCUT2D eigenvalue weighted by atomic mass is 19.4. The van der Waals surface area contributed by atoms with Crippen molar-refractivity contribution < 1.29 is 17.6 Å². The molecule has 1 fully saturated rings. The van der Waals surface area contributed by atoms with Crippen molar-refractivity contribution in [3.63, 3.8) is 0 Å². The van der Waals surface area contributed by atoms with Gasteiger partial charge in [0.05, 0.1) is 23.5 Å². The fraction of sp³-hybridized carbons (Fsp3) is 0.333. The average molecular weight is 393 g/mol. The number of halogens is 4. The van der Waals surface area contributed by atoms with Crippen LogP contribution in [0.25, 0.3) is 11.4 Å². The molecule has 6 nitrogen and oxygen atoms in total. The molecule has 0 amide bonds. The third-order valence-electron chi connectivity index (χ3n) is 4.63. The number of hydrogen-bond acceptors (Lipinski definition) is 4. The number of hydrogen-bond donors (Lipinski definition) is 1. The molecule has 0 saturated heterocycles. The maximum Gasteiger partial charge on any atom is 0.416 e. The van der Waals surface area contributed by atoms with Gasteiger partial charge in [-0.2, -0.15) is 13.2 Å². The van der Waals surface area contributed by atoms with Crippen LogP contribution < -0.4 is 5.56 Å². The fourth-order valence-electron chi connectivity index (χ4n) is 3.21. The summed E-state index contributed by atoms with van der Waals surface area (Å²) in [7, 11) is 0. The highest BCUT2D eigenvalue weighted by Crippen LogP contribution is 2.44. The number of aromatic nitrogens is 5. The van der Waals surface area contributed by atoms with Crippen molar-refractivity contribution in [3.05, 3.63) is 63.6 Å². The van der Waals surface area contributed by atoms with Gasteiger partial charge in [-0.1, -0.05) is 11.3 Å². The molecule has 1 aliphatic rings. The summed E-state index contributed by atoms with van der Waals surface area (Å²) in [4.78, 5) is 18.4. The Balaban J connectivity index is 1.72. The van der Waals surface area contributed by atoms with Crippen molar-refractivity contribution in [1.82, 2.24) is 25.0 Å². The van der Waals surface area contributed by atoms with Crippen LogP contribution in [0, 0.1) is 18.7 Å². The molecule has 0 bridgehead atoms. The van der Waals surface area contributed by atoms with Crippen molar-refractivity contribution in [2.45, 2.75) is 32.0 Å². The standard InChI is InChI=1S/C18H15F4N5O/c1-9-23-14(7-16(28)24-9)15-8-27(26-25-15)17(10-2-3-10)12-5-4-11(6-13(12)19)18(20,21)22/h4-8,10,17H,2-3H2,1H3,(H,23,24,28)/t17-/m0/s1. The molecule has 0 aliphatic heterocycles. The third kappa shape index (κ3) is 3.54. The second kappa shape index (κ2) is 6.54. The first kappa shape index (κ1) is 18.3. The van der Waals surface area contributed by atoms with E-state index in [-0.39, 0.29) is 17.0 Å². The van der Waals surface area contributed by atoms with Crippen molar-refractivity contribution >= 4 is 0 Å². The lowest BCUT2D eigenvalue weighted by atomic mass is 10.00. The van der Waals surface area contributed by atoms with Crippen molar-refractivity contribution in [1.29, 1.82) is 0 Å². The lowest BCUT2D eigenvalue weighted by Gasteiger charge is -2.18. The van der Waals surface area contributed by atoms with Gasteiger partial charge in [0.25, 0.3) is 5.56 Å². The first-order chi connectivity index (χ1) is 13.2. The average Bonchev–Trinajstić information content (AvgIpc) is 3.31. The molecule has 0 spiro atoms. The molecule has 2 heterocycles. The summed E-state index contributed by atoms with van der Waals surface area (Å²) < 4.78 is 54.4. The van der Waals surface area contributed by atoms with Crippen LogP contribution in [0.3, 0.4) is 0 Å². The molecule has 146 valence electrons. The summed E-state index contributed by atoms with van der Waals surface area (Å²) in [5.41, 5.74) is -0.612. The van der Waals surface area contributed by atoms with Crippen LogP contribution in [0.15, 0.2) is 35.3 Å². The second-order valence-electron chi connectivity index (χ2n) is 6.82. The van der Waals surface area contributed by atoms with E-state index in [2.05, 4.69) is 20.3 Å². The van der Waals surface area contributed by atoms with Crippen LogP contribution in [-0.2, 0) is 6.18 Å². The maximum absolute atomic E-state index is 14.5. The number of nitrogens with one attached hydrogen (secondary N) is 1. The van der Waals surface area contributed by atoms with Crippen LogP contribution in [0.5, 0.6) is 0 Å². The quantitative estimate of drug-likeness (QED) is 0.689. The molecule has 4 rings (SSSR count). The van der Waals surface area contributed by atoms with Gasteiger partial charge in [-0.15, -0.1) is 5.10 Å². The van der Waals surface area contributed by atoms with E-state index in [1.165, 1.54) is 16.9 Å². The molecule has 1 aromatic carbocycles. The smallest absolute Gasteiger partial charge is 0.311 e. The van der Waals surface area contributed by atoms with Gasteiger partial charge in [-0.05, 0) is 37.8 Å². The number of aromatic amines is 1. The Bertz CT molecular complexity index is 1080. The molecular formula is C18H15F4N5O. The normalized spacial score (nSPS) is 15.6. The van der Waals surface area contributed by atoms with E-state index < -0.39 is 23.6 Å². The second-order valence-corrected chi connectivity index (χ2v) is 6.82. The predicted molar refractivity (Wildman–Crippen MR) is 90.9 cm³/mol. The summed E-state index contributed by atoms with van der Waals surface area (Å²) in [5, 5.41) is 8.03. The number of rotatable bonds is 4. The molecule has 1 N–H and O–H groups in total. The molecule has 10 heteroatoms. The Kier molecular flexibility index (Phi) is 4.28. The SMILES string of the molecule is Cc1nc(-c2cn([C@H](c3ccc(C(F)(F)F)cc3F)C3CC3)nn2)cc(=O)[nH]1. The van der Waals surface area contributed by atoms with E-state index in [0.717, 1.165) is 25.0 Å². The molecule has 2 aromatic heterocycles. The van der Waals surface area contributed by atoms with Gasteiger partial charge >= 0.3 is 6.18 Å². The van der Waals surface area contributed by atoms with Crippen LogP contribution in [-0.4, -0.2) is 25.0 Å². The largest absolute Gasteiger partial charge is 0.416 e. The molecule has 0 radical (unpaired) electrons. The number of H-pyrrole nitrogens is 1. The summed E-state index contributed by atoms with van der Waals surface area (Å²) in [6, 6.07) is 3.22. The monoisotopic (exact) mass is 393 g/mol. The van der Waals surface area contributed by atoms with Crippen molar-refractivity contribution in [2.75, 3.05) is 0 Å². The molecule has 1 aliphatic carbocycles. The highest BCUT2D eigenvalue weighted by Gasteiger charge is 2.38. The van der Waals surface area contributed by atoms with E-state index in [9.17, 15) is 22.4 Å². The zero-order chi connectivity index (χ0) is 20.1. The van der Waals surface area contributed by atoms with Crippen LogP contribution >= 0.6 is 0 Å². The van der Waals surface area contributed by atoms with Gasteiger partial charge in [0.2, 0.25) is 0 Å². The number of alkyl halides is 3. The fourth-order valence-corrected chi connectivity index (χ4v) is 3.21. The Labute approximate surface area is 156 Å². The molecular weight excluding hydrogens is 378 g/mol. The first-order valence-corrected chi connectivity index (χ1v) is 8.59. The Morgan fingerprint density at radius 3 is 2.57 bits per heavy atom. The van der Waals surface area contributed by atoms with Gasteiger partial charge in [0, 0.05) is 11.6 Å². The summed E-state index contributed by atoms with van der Waals surface area (Å²) in [6.45, 7) is 1.62. The highest BCUT2D eigenvalue weighted by molar-refractivity contribution is 5.51. The van der Waals surface area contributed by atoms with Crippen molar-refractivity contribution in [2.24, 2.45) is 5.92 Å². The van der Waals surface area contributed by atoms with Gasteiger partial charge in [0.1, 0.15) is 17.3 Å². The van der Waals surface area contributed by atoms with Crippen LogP contribution in [0.1, 0.15) is 35.8 Å². The Morgan fingerprint density at radius 2 is 1.96 bits per heavy atom. The summed E-state index contributed by atoms with van der Waals surface area (Å²) in [6.07, 6.45) is -1.47. The molecule has 1 saturated carbocycles. The third-order valence-corrected chi connectivity index (χ3v) is 4.63. The first-order valence-electron chi connectivity index (χ1n) is 8.59. The maximum atomic E-state index is 14.5.